The molecule has 0 spiro atoms. The van der Waals surface area contributed by atoms with E-state index in [1.54, 1.807) is 12.5 Å². The van der Waals surface area contributed by atoms with Crippen molar-refractivity contribution in [2.45, 2.75) is 19.4 Å². The Labute approximate surface area is 123 Å². The molecular weight excluding hydrogens is 268 g/mol. The van der Waals surface area contributed by atoms with E-state index in [1.165, 1.54) is 12.8 Å². The molecule has 0 amide bonds. The summed E-state index contributed by atoms with van der Waals surface area (Å²) in [6.07, 6.45) is 7.90. The summed E-state index contributed by atoms with van der Waals surface area (Å²) >= 11 is 0. The third-order valence-electron chi connectivity index (χ3n) is 3.45. The number of rotatable bonds is 6. The van der Waals surface area contributed by atoms with Crippen LogP contribution in [0, 0.1) is 0 Å². The molecule has 3 rings (SSSR count). The fourth-order valence-electron chi connectivity index (χ4n) is 2.33. The van der Waals surface area contributed by atoms with Crippen molar-refractivity contribution in [2.24, 2.45) is 0 Å². The van der Waals surface area contributed by atoms with Crippen molar-refractivity contribution in [3.63, 3.8) is 0 Å². The highest BCUT2D eigenvalue weighted by Crippen LogP contribution is 2.18. The predicted molar refractivity (Wildman–Crippen MR) is 81.5 cm³/mol. The molecule has 0 unspecified atom stereocenters. The van der Waals surface area contributed by atoms with Gasteiger partial charge in [-0.05, 0) is 12.8 Å². The topological polar surface area (TPSA) is 83.8 Å². The van der Waals surface area contributed by atoms with Gasteiger partial charge in [0.2, 0.25) is 17.8 Å². The minimum Gasteiger partial charge on any atom is -0.357 e. The molecule has 8 heteroatoms. The van der Waals surface area contributed by atoms with Crippen LogP contribution in [0.5, 0.6) is 0 Å². The zero-order valence-electron chi connectivity index (χ0n) is 12.2. The molecular formula is C13H20N8. The lowest BCUT2D eigenvalue weighted by Crippen LogP contribution is -2.22. The lowest BCUT2D eigenvalue weighted by atomic mass is 10.4. The largest absolute Gasteiger partial charge is 0.357 e. The van der Waals surface area contributed by atoms with E-state index in [2.05, 4.69) is 35.5 Å². The molecule has 21 heavy (non-hydrogen) atoms. The maximum absolute atomic E-state index is 4.51. The van der Waals surface area contributed by atoms with Crippen LogP contribution in [0.1, 0.15) is 12.8 Å². The van der Waals surface area contributed by atoms with E-state index in [9.17, 15) is 0 Å². The van der Waals surface area contributed by atoms with E-state index in [1.807, 2.05) is 17.8 Å². The van der Waals surface area contributed by atoms with Crippen molar-refractivity contribution in [3.05, 3.63) is 18.7 Å². The van der Waals surface area contributed by atoms with Crippen molar-refractivity contribution in [1.82, 2.24) is 24.5 Å². The summed E-state index contributed by atoms with van der Waals surface area (Å²) in [6, 6.07) is 0. The molecule has 2 aromatic heterocycles. The Balaban J connectivity index is 1.66. The Kier molecular flexibility index (Phi) is 4.13. The molecule has 8 nitrogen and oxygen atoms in total. The van der Waals surface area contributed by atoms with E-state index in [0.29, 0.717) is 11.9 Å². The van der Waals surface area contributed by atoms with Gasteiger partial charge in [-0.3, -0.25) is 0 Å². The van der Waals surface area contributed by atoms with Gasteiger partial charge < -0.3 is 20.1 Å². The van der Waals surface area contributed by atoms with Gasteiger partial charge in [-0.15, -0.1) is 0 Å². The third kappa shape index (κ3) is 3.39. The third-order valence-corrected chi connectivity index (χ3v) is 3.45. The summed E-state index contributed by atoms with van der Waals surface area (Å²) in [4.78, 5) is 19.5. The number of nitrogens with one attached hydrogen (secondary N) is 2. The zero-order valence-corrected chi connectivity index (χ0v) is 12.2. The van der Waals surface area contributed by atoms with Crippen LogP contribution in [0.15, 0.2) is 18.7 Å². The average Bonchev–Trinajstić information content (AvgIpc) is 3.20. The molecule has 2 N–H and O–H groups in total. The maximum Gasteiger partial charge on any atom is 0.231 e. The summed E-state index contributed by atoms with van der Waals surface area (Å²) in [6.45, 7) is 3.59. The number of aromatic nitrogens is 5. The van der Waals surface area contributed by atoms with Gasteiger partial charge in [0.05, 0.1) is 6.33 Å². The van der Waals surface area contributed by atoms with Crippen molar-refractivity contribution in [1.29, 1.82) is 0 Å². The fourth-order valence-corrected chi connectivity index (χ4v) is 2.33. The smallest absolute Gasteiger partial charge is 0.231 e. The number of anilines is 3. The molecule has 0 saturated carbocycles. The highest BCUT2D eigenvalue weighted by Gasteiger charge is 2.16. The molecule has 3 heterocycles. The Morgan fingerprint density at radius 3 is 2.67 bits per heavy atom. The van der Waals surface area contributed by atoms with E-state index >= 15 is 0 Å². The number of nitrogens with zero attached hydrogens (tertiary/aromatic N) is 6. The van der Waals surface area contributed by atoms with Crippen LogP contribution >= 0.6 is 0 Å². The van der Waals surface area contributed by atoms with Crippen LogP contribution in [-0.2, 0) is 6.54 Å². The molecule has 0 atom stereocenters. The van der Waals surface area contributed by atoms with Crippen LogP contribution in [0.3, 0.4) is 0 Å². The molecule has 1 saturated heterocycles. The summed E-state index contributed by atoms with van der Waals surface area (Å²) in [5, 5.41) is 6.24. The van der Waals surface area contributed by atoms with Crippen molar-refractivity contribution >= 4 is 17.8 Å². The Hall–Kier alpha value is -2.38. The Morgan fingerprint density at radius 2 is 1.95 bits per heavy atom. The SMILES string of the molecule is CNc1nc(NCCn2ccnc2)nc(N2CCCC2)n1. The van der Waals surface area contributed by atoms with E-state index < -0.39 is 0 Å². The molecule has 0 aliphatic carbocycles. The summed E-state index contributed by atoms with van der Waals surface area (Å²) in [7, 11) is 1.82. The number of hydrogen-bond acceptors (Lipinski definition) is 7. The monoisotopic (exact) mass is 288 g/mol. The number of hydrogen-bond donors (Lipinski definition) is 2. The predicted octanol–water partition coefficient (Wildman–Crippen LogP) is 0.822. The second kappa shape index (κ2) is 6.38. The van der Waals surface area contributed by atoms with E-state index in [0.717, 1.165) is 32.1 Å². The first-order valence-corrected chi connectivity index (χ1v) is 7.23. The van der Waals surface area contributed by atoms with Crippen LogP contribution in [0.25, 0.3) is 0 Å². The van der Waals surface area contributed by atoms with Gasteiger partial charge in [-0.2, -0.15) is 15.0 Å². The molecule has 1 aliphatic heterocycles. The molecule has 0 radical (unpaired) electrons. The first-order valence-electron chi connectivity index (χ1n) is 7.23. The van der Waals surface area contributed by atoms with Gasteiger partial charge in [0.25, 0.3) is 0 Å². The minimum absolute atomic E-state index is 0.594. The lowest BCUT2D eigenvalue weighted by Gasteiger charge is -2.16. The molecule has 1 fully saturated rings. The first kappa shape index (κ1) is 13.6. The first-order chi connectivity index (χ1) is 10.3. The average molecular weight is 288 g/mol. The van der Waals surface area contributed by atoms with Gasteiger partial charge in [0.1, 0.15) is 0 Å². The van der Waals surface area contributed by atoms with Crippen molar-refractivity contribution in [2.75, 3.05) is 42.2 Å². The number of imidazole rings is 1. The van der Waals surface area contributed by atoms with Gasteiger partial charge in [-0.25, -0.2) is 4.98 Å². The van der Waals surface area contributed by atoms with Crippen LogP contribution in [0.4, 0.5) is 17.8 Å². The summed E-state index contributed by atoms with van der Waals surface area (Å²) in [5.74, 6) is 1.95. The van der Waals surface area contributed by atoms with Crippen LogP contribution in [-0.4, -0.2) is 51.2 Å². The van der Waals surface area contributed by atoms with Crippen LogP contribution < -0.4 is 15.5 Å². The molecule has 0 bridgehead atoms. The van der Waals surface area contributed by atoms with Crippen molar-refractivity contribution < 1.29 is 0 Å². The standard InChI is InChI=1S/C13H20N8/c1-14-11-17-12(16-5-9-20-8-4-15-10-20)19-13(18-11)21-6-2-3-7-21/h4,8,10H,2-3,5-7,9H2,1H3,(H2,14,16,17,18,19). The highest BCUT2D eigenvalue weighted by molar-refractivity contribution is 5.44. The molecule has 2 aromatic rings. The molecule has 0 aromatic carbocycles. The van der Waals surface area contributed by atoms with Gasteiger partial charge in [0, 0.05) is 45.6 Å². The van der Waals surface area contributed by atoms with E-state index in [-0.39, 0.29) is 0 Å². The second-order valence-corrected chi connectivity index (χ2v) is 4.95. The van der Waals surface area contributed by atoms with E-state index in [4.69, 9.17) is 0 Å². The second-order valence-electron chi connectivity index (χ2n) is 4.95. The molecule has 112 valence electrons. The van der Waals surface area contributed by atoms with Crippen molar-refractivity contribution in [3.8, 4) is 0 Å². The quantitative estimate of drug-likeness (QED) is 0.814. The van der Waals surface area contributed by atoms with Gasteiger partial charge in [-0.1, -0.05) is 0 Å². The molecule has 1 aliphatic rings. The maximum atomic E-state index is 4.51. The van der Waals surface area contributed by atoms with Crippen LogP contribution in [0.2, 0.25) is 0 Å². The fraction of sp³-hybridized carbons (Fsp3) is 0.538. The Morgan fingerprint density at radius 1 is 1.14 bits per heavy atom. The Bertz CT molecular complexity index is 562. The summed E-state index contributed by atoms with van der Waals surface area (Å²) in [5.41, 5.74) is 0. The lowest BCUT2D eigenvalue weighted by molar-refractivity contribution is 0.722. The summed E-state index contributed by atoms with van der Waals surface area (Å²) < 4.78 is 2.01. The van der Waals surface area contributed by atoms with Gasteiger partial charge >= 0.3 is 0 Å². The highest BCUT2D eigenvalue weighted by atomic mass is 15.3. The van der Waals surface area contributed by atoms with Gasteiger partial charge in [0.15, 0.2) is 0 Å². The normalized spacial score (nSPS) is 14.4. The zero-order chi connectivity index (χ0) is 14.5. The minimum atomic E-state index is 0.594.